The van der Waals surface area contributed by atoms with Crippen LogP contribution in [0.1, 0.15) is 20.3 Å². The highest BCUT2D eigenvalue weighted by atomic mass is 16.2. The summed E-state index contributed by atoms with van der Waals surface area (Å²) in [6.07, 6.45) is 0.374. The molecule has 56 valence electrons. The summed E-state index contributed by atoms with van der Waals surface area (Å²) in [6, 6.07) is 0. The van der Waals surface area contributed by atoms with E-state index in [-0.39, 0.29) is 17.4 Å². The minimum atomic E-state index is -0.258. The van der Waals surface area contributed by atoms with Crippen molar-refractivity contribution in [3.8, 4) is 0 Å². The molecule has 10 heavy (non-hydrogen) atoms. The zero-order valence-electron chi connectivity index (χ0n) is 6.23. The minimum Gasteiger partial charge on any atom is -0.324 e. The van der Waals surface area contributed by atoms with Crippen LogP contribution < -0.4 is 5.32 Å². The van der Waals surface area contributed by atoms with Crippen LogP contribution >= 0.6 is 0 Å². The average molecular weight is 141 g/mol. The van der Waals surface area contributed by atoms with Gasteiger partial charge in [0, 0.05) is 13.3 Å². The fourth-order valence-corrected chi connectivity index (χ4v) is 0.496. The molecular formula is C7H11NO2. The molecule has 0 unspecified atom stereocenters. The standard InChI is InChI=1S/C7H11NO2/c1-4-7(10)5(2)8-6(3)9/h2,4H2,1,3H3,(H,8,9). The van der Waals surface area contributed by atoms with E-state index in [9.17, 15) is 9.59 Å². The zero-order valence-corrected chi connectivity index (χ0v) is 6.23. The third kappa shape index (κ3) is 3.02. The topological polar surface area (TPSA) is 46.2 Å². The van der Waals surface area contributed by atoms with Crippen LogP contribution in [-0.2, 0) is 9.59 Å². The van der Waals surface area contributed by atoms with Crippen LogP contribution in [0.25, 0.3) is 0 Å². The largest absolute Gasteiger partial charge is 0.324 e. The maximum absolute atomic E-state index is 10.7. The molecule has 0 rings (SSSR count). The summed E-state index contributed by atoms with van der Waals surface area (Å²) < 4.78 is 0. The summed E-state index contributed by atoms with van der Waals surface area (Å²) >= 11 is 0. The molecule has 0 radical (unpaired) electrons. The van der Waals surface area contributed by atoms with Gasteiger partial charge >= 0.3 is 0 Å². The number of nitrogens with one attached hydrogen (secondary N) is 1. The van der Waals surface area contributed by atoms with Gasteiger partial charge < -0.3 is 5.32 Å². The summed E-state index contributed by atoms with van der Waals surface area (Å²) in [5, 5.41) is 2.31. The number of Topliss-reactive ketones (excluding diaryl/α,β-unsaturated/α-hetero) is 1. The van der Waals surface area contributed by atoms with Gasteiger partial charge in [-0.3, -0.25) is 9.59 Å². The molecule has 0 saturated carbocycles. The summed E-state index contributed by atoms with van der Waals surface area (Å²) in [5.74, 6) is -0.387. The third-order valence-corrected chi connectivity index (χ3v) is 0.985. The van der Waals surface area contributed by atoms with Crippen molar-refractivity contribution in [2.45, 2.75) is 20.3 Å². The summed E-state index contributed by atoms with van der Waals surface area (Å²) in [7, 11) is 0. The van der Waals surface area contributed by atoms with Crippen molar-refractivity contribution in [2.75, 3.05) is 0 Å². The van der Waals surface area contributed by atoms with Crippen molar-refractivity contribution in [3.63, 3.8) is 0 Å². The van der Waals surface area contributed by atoms with Gasteiger partial charge in [0.1, 0.15) is 0 Å². The molecule has 3 nitrogen and oxygen atoms in total. The molecule has 0 aliphatic rings. The van der Waals surface area contributed by atoms with Gasteiger partial charge in [-0.25, -0.2) is 0 Å². The van der Waals surface area contributed by atoms with E-state index in [1.807, 2.05) is 0 Å². The molecule has 0 heterocycles. The van der Waals surface area contributed by atoms with Gasteiger partial charge in [0.15, 0.2) is 5.78 Å². The van der Waals surface area contributed by atoms with Gasteiger partial charge in [-0.05, 0) is 0 Å². The molecule has 0 aliphatic carbocycles. The number of hydrogen-bond donors (Lipinski definition) is 1. The first kappa shape index (κ1) is 8.88. The zero-order chi connectivity index (χ0) is 8.15. The van der Waals surface area contributed by atoms with E-state index in [2.05, 4.69) is 11.9 Å². The molecule has 0 aliphatic heterocycles. The lowest BCUT2D eigenvalue weighted by Crippen LogP contribution is -2.23. The van der Waals surface area contributed by atoms with Gasteiger partial charge in [-0.2, -0.15) is 0 Å². The predicted molar refractivity (Wildman–Crippen MR) is 38.3 cm³/mol. The Labute approximate surface area is 60.1 Å². The van der Waals surface area contributed by atoms with Crippen molar-refractivity contribution >= 4 is 11.7 Å². The Bertz CT molecular complexity index is 172. The Morgan fingerprint density at radius 1 is 1.50 bits per heavy atom. The van der Waals surface area contributed by atoms with Gasteiger partial charge in [0.25, 0.3) is 0 Å². The molecule has 0 aromatic rings. The first-order chi connectivity index (χ1) is 4.57. The van der Waals surface area contributed by atoms with Crippen LogP contribution in [0, 0.1) is 0 Å². The lowest BCUT2D eigenvalue weighted by molar-refractivity contribution is -0.121. The number of carbonyl (C=O) groups excluding carboxylic acids is 2. The highest BCUT2D eigenvalue weighted by Gasteiger charge is 2.03. The maximum atomic E-state index is 10.7. The smallest absolute Gasteiger partial charge is 0.221 e. The third-order valence-electron chi connectivity index (χ3n) is 0.985. The molecule has 0 bridgehead atoms. The first-order valence-corrected chi connectivity index (χ1v) is 3.07. The van der Waals surface area contributed by atoms with Crippen LogP contribution in [0.5, 0.6) is 0 Å². The van der Waals surface area contributed by atoms with Crippen LogP contribution in [-0.4, -0.2) is 11.7 Å². The monoisotopic (exact) mass is 141 g/mol. The Kier molecular flexibility index (Phi) is 3.39. The molecule has 0 atom stereocenters. The van der Waals surface area contributed by atoms with Gasteiger partial charge in [-0.1, -0.05) is 13.5 Å². The lowest BCUT2D eigenvalue weighted by Gasteiger charge is -2.01. The SMILES string of the molecule is C=C(NC(C)=O)C(=O)CC. The van der Waals surface area contributed by atoms with Gasteiger partial charge in [-0.15, -0.1) is 0 Å². The molecular weight excluding hydrogens is 130 g/mol. The lowest BCUT2D eigenvalue weighted by atomic mass is 10.2. The van der Waals surface area contributed by atoms with E-state index in [0.29, 0.717) is 6.42 Å². The van der Waals surface area contributed by atoms with Crippen molar-refractivity contribution < 1.29 is 9.59 Å². The second-order valence-electron chi connectivity index (χ2n) is 1.94. The van der Waals surface area contributed by atoms with Crippen molar-refractivity contribution in [1.29, 1.82) is 0 Å². The first-order valence-electron chi connectivity index (χ1n) is 3.07. The van der Waals surface area contributed by atoms with Crippen molar-refractivity contribution in [3.05, 3.63) is 12.3 Å². The second kappa shape index (κ2) is 3.82. The van der Waals surface area contributed by atoms with Crippen LogP contribution in [0.3, 0.4) is 0 Å². The highest BCUT2D eigenvalue weighted by Crippen LogP contribution is 1.90. The van der Waals surface area contributed by atoms with E-state index in [4.69, 9.17) is 0 Å². The number of carbonyl (C=O) groups is 2. The fraction of sp³-hybridized carbons (Fsp3) is 0.429. The molecule has 0 spiro atoms. The predicted octanol–water partition coefficient (Wildman–Crippen LogP) is 0.615. The highest BCUT2D eigenvalue weighted by molar-refractivity contribution is 5.97. The number of ketones is 1. The van der Waals surface area contributed by atoms with Crippen molar-refractivity contribution in [2.24, 2.45) is 0 Å². The Morgan fingerprint density at radius 3 is 2.30 bits per heavy atom. The summed E-state index contributed by atoms with van der Waals surface area (Å²) in [4.78, 5) is 21.1. The van der Waals surface area contributed by atoms with Gasteiger partial charge in [0.2, 0.25) is 5.91 Å². The number of hydrogen-bond acceptors (Lipinski definition) is 2. The van der Waals surface area contributed by atoms with Crippen LogP contribution in [0.4, 0.5) is 0 Å². The number of allylic oxidation sites excluding steroid dienone is 1. The van der Waals surface area contributed by atoms with Crippen LogP contribution in [0.15, 0.2) is 12.3 Å². The molecule has 0 aromatic carbocycles. The number of amides is 1. The maximum Gasteiger partial charge on any atom is 0.221 e. The quantitative estimate of drug-likeness (QED) is 0.585. The molecule has 0 fully saturated rings. The van der Waals surface area contributed by atoms with Crippen molar-refractivity contribution in [1.82, 2.24) is 5.32 Å². The minimum absolute atomic E-state index is 0.129. The molecule has 1 amide bonds. The van der Waals surface area contributed by atoms with Gasteiger partial charge in [0.05, 0.1) is 5.70 Å². The average Bonchev–Trinajstić information content (AvgIpc) is 1.85. The Morgan fingerprint density at radius 2 is 2.00 bits per heavy atom. The summed E-state index contributed by atoms with van der Waals surface area (Å²) in [6.45, 7) is 6.44. The van der Waals surface area contributed by atoms with E-state index in [0.717, 1.165) is 0 Å². The molecule has 0 saturated heterocycles. The van der Waals surface area contributed by atoms with E-state index in [1.54, 1.807) is 6.92 Å². The molecule has 3 heteroatoms. The summed E-state index contributed by atoms with van der Waals surface area (Å²) in [5.41, 5.74) is 0.176. The molecule has 1 N–H and O–H groups in total. The fourth-order valence-electron chi connectivity index (χ4n) is 0.496. The Balaban J connectivity index is 3.86. The normalized spacial score (nSPS) is 8.60. The Hall–Kier alpha value is -1.12. The van der Waals surface area contributed by atoms with E-state index in [1.165, 1.54) is 6.92 Å². The van der Waals surface area contributed by atoms with E-state index < -0.39 is 0 Å². The van der Waals surface area contributed by atoms with E-state index >= 15 is 0 Å². The molecule has 0 aromatic heterocycles. The number of rotatable bonds is 3. The second-order valence-corrected chi connectivity index (χ2v) is 1.94. The van der Waals surface area contributed by atoms with Crippen LogP contribution in [0.2, 0.25) is 0 Å².